The van der Waals surface area contributed by atoms with Gasteiger partial charge in [-0.25, -0.2) is 0 Å². The van der Waals surface area contributed by atoms with Crippen LogP contribution in [0.3, 0.4) is 0 Å². The molecule has 2 rings (SSSR count). The number of nitrogen functional groups attached to an aromatic ring is 1. The second kappa shape index (κ2) is 4.47. The maximum absolute atomic E-state index is 11.0. The topological polar surface area (TPSA) is 86.9 Å². The van der Waals surface area contributed by atoms with E-state index in [2.05, 4.69) is 5.10 Å². The van der Waals surface area contributed by atoms with Crippen LogP contribution in [0.2, 0.25) is 5.02 Å². The molecule has 6 heteroatoms. The van der Waals surface area contributed by atoms with Crippen LogP contribution in [-0.2, 0) is 6.54 Å². The second-order valence-electron chi connectivity index (χ2n) is 3.62. The van der Waals surface area contributed by atoms with E-state index in [1.165, 1.54) is 0 Å². The average molecular weight is 251 g/mol. The first-order valence-corrected chi connectivity index (χ1v) is 5.31. The van der Waals surface area contributed by atoms with Crippen LogP contribution in [0.1, 0.15) is 16.1 Å². The van der Waals surface area contributed by atoms with Gasteiger partial charge in [-0.2, -0.15) is 5.10 Å². The lowest BCUT2D eigenvalue weighted by molar-refractivity contribution is 0.0995. The first-order chi connectivity index (χ1) is 8.06. The molecule has 4 N–H and O–H groups in total. The Labute approximate surface area is 103 Å². The lowest BCUT2D eigenvalue weighted by Crippen LogP contribution is -2.14. The Hall–Kier alpha value is -2.01. The number of rotatable bonds is 3. The summed E-state index contributed by atoms with van der Waals surface area (Å²) in [5.74, 6) is -0.627. The molecule has 17 heavy (non-hydrogen) atoms. The van der Waals surface area contributed by atoms with Crippen LogP contribution in [0.4, 0.5) is 5.69 Å². The summed E-state index contributed by atoms with van der Waals surface area (Å²) in [6, 6.07) is 7.34. The molecule has 0 fully saturated rings. The van der Waals surface area contributed by atoms with Gasteiger partial charge >= 0.3 is 0 Å². The first kappa shape index (κ1) is 11.5. The van der Waals surface area contributed by atoms with Crippen molar-refractivity contribution in [1.29, 1.82) is 0 Å². The van der Waals surface area contributed by atoms with Crippen molar-refractivity contribution in [3.8, 4) is 0 Å². The van der Waals surface area contributed by atoms with Crippen molar-refractivity contribution in [2.75, 3.05) is 5.73 Å². The third-order valence-corrected chi connectivity index (χ3v) is 2.53. The van der Waals surface area contributed by atoms with Crippen molar-refractivity contribution in [2.24, 2.45) is 5.73 Å². The number of aromatic nitrogens is 2. The molecular weight excluding hydrogens is 240 g/mol. The van der Waals surface area contributed by atoms with E-state index < -0.39 is 5.91 Å². The standard InChI is InChI=1S/C11H11ClN4O/c12-8-3-1-7(2-4-8)5-16-6-9(13)10(15-16)11(14)17/h1-4,6H,5,13H2,(H2,14,17). The molecule has 1 heterocycles. The van der Waals surface area contributed by atoms with Crippen molar-refractivity contribution in [1.82, 2.24) is 9.78 Å². The van der Waals surface area contributed by atoms with E-state index in [1.807, 2.05) is 12.1 Å². The second-order valence-corrected chi connectivity index (χ2v) is 4.06. The van der Waals surface area contributed by atoms with Crippen LogP contribution >= 0.6 is 11.6 Å². The van der Waals surface area contributed by atoms with Crippen LogP contribution in [0.5, 0.6) is 0 Å². The van der Waals surface area contributed by atoms with Gasteiger partial charge in [0.05, 0.1) is 12.2 Å². The van der Waals surface area contributed by atoms with E-state index in [9.17, 15) is 4.79 Å². The largest absolute Gasteiger partial charge is 0.396 e. The quantitative estimate of drug-likeness (QED) is 0.860. The number of hydrogen-bond donors (Lipinski definition) is 2. The van der Waals surface area contributed by atoms with Gasteiger partial charge in [0, 0.05) is 11.2 Å². The summed E-state index contributed by atoms with van der Waals surface area (Å²) in [5, 5.41) is 4.68. The van der Waals surface area contributed by atoms with E-state index >= 15 is 0 Å². The number of anilines is 1. The van der Waals surface area contributed by atoms with Crippen LogP contribution in [0.25, 0.3) is 0 Å². The van der Waals surface area contributed by atoms with E-state index in [4.69, 9.17) is 23.1 Å². The molecule has 2 aromatic rings. The molecule has 5 nitrogen and oxygen atoms in total. The van der Waals surface area contributed by atoms with Gasteiger partial charge in [0.2, 0.25) is 0 Å². The van der Waals surface area contributed by atoms with Crippen LogP contribution in [0.15, 0.2) is 30.5 Å². The fourth-order valence-corrected chi connectivity index (χ4v) is 1.61. The predicted octanol–water partition coefficient (Wildman–Crippen LogP) is 1.27. The Morgan fingerprint density at radius 3 is 2.53 bits per heavy atom. The molecule has 0 aliphatic carbocycles. The van der Waals surface area contributed by atoms with Crippen molar-refractivity contribution < 1.29 is 4.79 Å². The van der Waals surface area contributed by atoms with Gasteiger partial charge in [-0.3, -0.25) is 9.48 Å². The number of primary amides is 1. The molecule has 0 unspecified atom stereocenters. The molecule has 0 spiro atoms. The van der Waals surface area contributed by atoms with E-state index in [0.717, 1.165) is 5.56 Å². The summed E-state index contributed by atoms with van der Waals surface area (Å²) in [5.41, 5.74) is 12.1. The summed E-state index contributed by atoms with van der Waals surface area (Å²) in [6.45, 7) is 0.509. The monoisotopic (exact) mass is 250 g/mol. The van der Waals surface area contributed by atoms with E-state index in [1.54, 1.807) is 23.0 Å². The van der Waals surface area contributed by atoms with Crippen molar-refractivity contribution in [2.45, 2.75) is 6.54 Å². The van der Waals surface area contributed by atoms with Gasteiger partial charge in [0.1, 0.15) is 0 Å². The van der Waals surface area contributed by atoms with Crippen LogP contribution < -0.4 is 11.5 Å². The van der Waals surface area contributed by atoms with Gasteiger partial charge in [0.15, 0.2) is 5.69 Å². The number of nitrogens with two attached hydrogens (primary N) is 2. The van der Waals surface area contributed by atoms with Crippen molar-refractivity contribution in [3.05, 3.63) is 46.7 Å². The van der Waals surface area contributed by atoms with Gasteiger partial charge in [0.25, 0.3) is 5.91 Å². The Bertz CT molecular complexity index is 547. The minimum absolute atomic E-state index is 0.0963. The zero-order valence-corrected chi connectivity index (χ0v) is 9.69. The minimum Gasteiger partial charge on any atom is -0.396 e. The summed E-state index contributed by atoms with van der Waals surface area (Å²) < 4.78 is 1.57. The SMILES string of the molecule is NC(=O)c1nn(Cc2ccc(Cl)cc2)cc1N. The Morgan fingerprint density at radius 2 is 2.00 bits per heavy atom. The Morgan fingerprint density at radius 1 is 1.35 bits per heavy atom. The third-order valence-electron chi connectivity index (χ3n) is 2.28. The maximum atomic E-state index is 11.0. The highest BCUT2D eigenvalue weighted by atomic mass is 35.5. The summed E-state index contributed by atoms with van der Waals surface area (Å²) >= 11 is 5.78. The Kier molecular flexibility index (Phi) is 3.01. The molecule has 0 atom stereocenters. The molecule has 0 bridgehead atoms. The fourth-order valence-electron chi connectivity index (χ4n) is 1.49. The number of nitrogens with zero attached hydrogens (tertiary/aromatic N) is 2. The predicted molar refractivity (Wildman–Crippen MR) is 65.7 cm³/mol. The van der Waals surface area contributed by atoms with Gasteiger partial charge < -0.3 is 11.5 Å². The van der Waals surface area contributed by atoms with Gasteiger partial charge in [-0.1, -0.05) is 23.7 Å². The molecule has 1 aromatic carbocycles. The zero-order chi connectivity index (χ0) is 12.4. The molecule has 88 valence electrons. The van der Waals surface area contributed by atoms with Gasteiger partial charge in [-0.15, -0.1) is 0 Å². The third kappa shape index (κ3) is 2.57. The summed E-state index contributed by atoms with van der Waals surface area (Å²) in [6.07, 6.45) is 1.58. The number of carbonyl (C=O) groups excluding carboxylic acids is 1. The lowest BCUT2D eigenvalue weighted by atomic mass is 10.2. The molecule has 0 aliphatic rings. The molecule has 1 aromatic heterocycles. The van der Waals surface area contributed by atoms with Crippen molar-refractivity contribution >= 4 is 23.2 Å². The number of carbonyl (C=O) groups is 1. The number of halogens is 1. The maximum Gasteiger partial charge on any atom is 0.271 e. The smallest absolute Gasteiger partial charge is 0.271 e. The molecule has 1 amide bonds. The van der Waals surface area contributed by atoms with Crippen LogP contribution in [-0.4, -0.2) is 15.7 Å². The van der Waals surface area contributed by atoms with E-state index in [-0.39, 0.29) is 11.4 Å². The molecule has 0 radical (unpaired) electrons. The van der Waals surface area contributed by atoms with Gasteiger partial charge in [-0.05, 0) is 17.7 Å². The van der Waals surface area contributed by atoms with Crippen molar-refractivity contribution in [3.63, 3.8) is 0 Å². The fraction of sp³-hybridized carbons (Fsp3) is 0.0909. The molecule has 0 saturated carbocycles. The highest BCUT2D eigenvalue weighted by Crippen LogP contribution is 2.13. The summed E-state index contributed by atoms with van der Waals surface area (Å²) in [4.78, 5) is 11.0. The normalized spacial score (nSPS) is 10.4. The number of amides is 1. The summed E-state index contributed by atoms with van der Waals surface area (Å²) in [7, 11) is 0. The number of benzene rings is 1. The molecule has 0 aliphatic heterocycles. The van der Waals surface area contributed by atoms with Crippen LogP contribution in [0, 0.1) is 0 Å². The highest BCUT2D eigenvalue weighted by molar-refractivity contribution is 6.30. The highest BCUT2D eigenvalue weighted by Gasteiger charge is 2.11. The first-order valence-electron chi connectivity index (χ1n) is 4.93. The molecule has 0 saturated heterocycles. The lowest BCUT2D eigenvalue weighted by Gasteiger charge is -2.01. The van der Waals surface area contributed by atoms with E-state index in [0.29, 0.717) is 11.6 Å². The zero-order valence-electron chi connectivity index (χ0n) is 8.93. The molecular formula is C11H11ClN4O. The number of hydrogen-bond acceptors (Lipinski definition) is 3. The minimum atomic E-state index is -0.627. The Balaban J connectivity index is 2.22. The average Bonchev–Trinajstić information content (AvgIpc) is 2.63.